The Kier molecular flexibility index (Phi) is 62.4. The maximum absolute atomic E-state index is 12.9. The normalized spacial score (nSPS) is 13.2. The SMILES string of the molecule is CC/C=C\C/C=C\C/C=C\C/C=C\C/C=C\C/C=C\C/C=C\C/C=C\C/C=C\CCCCCCCCCC(=O)OCC(COC(=O)CCCCC/C=C\C/C=C\C/C=C\CC)OC(=O)CCCCCCC/C=C\CCCCCCC. The van der Waals surface area contributed by atoms with Crippen molar-refractivity contribution in [3.05, 3.63) is 158 Å². The number of rotatable bonds is 57. The topological polar surface area (TPSA) is 78.9 Å². The Labute approximate surface area is 492 Å². The van der Waals surface area contributed by atoms with Gasteiger partial charge >= 0.3 is 17.9 Å². The lowest BCUT2D eigenvalue weighted by molar-refractivity contribution is -0.167. The lowest BCUT2D eigenvalue weighted by atomic mass is 10.1. The van der Waals surface area contributed by atoms with Crippen molar-refractivity contribution in [1.82, 2.24) is 0 Å². The number of hydrogen-bond acceptors (Lipinski definition) is 6. The van der Waals surface area contributed by atoms with E-state index in [9.17, 15) is 14.4 Å². The lowest BCUT2D eigenvalue weighted by Gasteiger charge is -2.18. The first-order valence-electron chi connectivity index (χ1n) is 32.5. The summed E-state index contributed by atoms with van der Waals surface area (Å²) >= 11 is 0. The fraction of sp³-hybridized carbons (Fsp3) is 0.608. The van der Waals surface area contributed by atoms with E-state index in [0.717, 1.165) is 161 Å². The fourth-order valence-electron chi connectivity index (χ4n) is 8.44. The molecular formula is C74H118O6. The molecule has 0 aromatic heterocycles. The molecule has 0 heterocycles. The van der Waals surface area contributed by atoms with Crippen LogP contribution in [-0.4, -0.2) is 37.2 Å². The molecule has 80 heavy (non-hydrogen) atoms. The fourth-order valence-corrected chi connectivity index (χ4v) is 8.44. The summed E-state index contributed by atoms with van der Waals surface area (Å²) in [7, 11) is 0. The first-order valence-corrected chi connectivity index (χ1v) is 32.5. The maximum atomic E-state index is 12.9. The second-order valence-electron chi connectivity index (χ2n) is 20.9. The third-order valence-corrected chi connectivity index (χ3v) is 13.2. The van der Waals surface area contributed by atoms with Crippen molar-refractivity contribution in [3.8, 4) is 0 Å². The zero-order valence-electron chi connectivity index (χ0n) is 51.5. The van der Waals surface area contributed by atoms with Crippen molar-refractivity contribution >= 4 is 17.9 Å². The standard InChI is InChI=1S/C74H118O6/c1-4-7-10-13-16-19-22-25-27-28-29-30-31-32-33-34-35-36-37-38-39-40-41-42-43-44-45-46-47-50-52-55-58-61-64-67-73(76)79-70-71(69-78-72(75)66-63-60-57-54-51-48-24-21-18-15-12-9-6-3)80-74(77)68-65-62-59-56-53-49-26-23-20-17-14-11-8-5-2/h7,9-10,12,16,18-19,21,23,25-27,29-30,32-33,35-36,38-39,41-42,44-45,48,51,71H,4-6,8,11,13-15,17,20,22,24,28,31,34,37,40,43,46-47,49-50,52-70H2,1-3H3/b10-7-,12-9-,19-16-,21-18-,26-23-,27-25-,30-29-,33-32-,36-35-,39-38-,42-41-,45-44-,51-48-. The van der Waals surface area contributed by atoms with Gasteiger partial charge in [-0.05, 0) is 148 Å². The summed E-state index contributed by atoms with van der Waals surface area (Å²) in [6, 6.07) is 0. The van der Waals surface area contributed by atoms with Crippen LogP contribution in [0, 0.1) is 0 Å². The van der Waals surface area contributed by atoms with Crippen LogP contribution >= 0.6 is 0 Å². The molecule has 0 N–H and O–H groups in total. The zero-order valence-corrected chi connectivity index (χ0v) is 51.5. The molecule has 0 aliphatic heterocycles. The second kappa shape index (κ2) is 66.5. The third kappa shape index (κ3) is 63.9. The second-order valence-corrected chi connectivity index (χ2v) is 20.9. The van der Waals surface area contributed by atoms with Gasteiger partial charge in [0.15, 0.2) is 6.10 Å². The van der Waals surface area contributed by atoms with Gasteiger partial charge in [-0.3, -0.25) is 14.4 Å². The van der Waals surface area contributed by atoms with E-state index in [1.807, 2.05) is 0 Å². The van der Waals surface area contributed by atoms with Gasteiger partial charge < -0.3 is 14.2 Å². The Morgan fingerprint density at radius 3 is 0.787 bits per heavy atom. The Hall–Kier alpha value is -4.97. The van der Waals surface area contributed by atoms with E-state index in [2.05, 4.69) is 179 Å². The monoisotopic (exact) mass is 1100 g/mol. The van der Waals surface area contributed by atoms with Crippen molar-refractivity contribution in [2.75, 3.05) is 13.2 Å². The Bertz CT molecular complexity index is 1790. The average molecular weight is 1100 g/mol. The highest BCUT2D eigenvalue weighted by molar-refractivity contribution is 5.71. The molecule has 0 bridgehead atoms. The van der Waals surface area contributed by atoms with Crippen molar-refractivity contribution in [3.63, 3.8) is 0 Å². The van der Waals surface area contributed by atoms with Crippen LogP contribution in [0.5, 0.6) is 0 Å². The van der Waals surface area contributed by atoms with Gasteiger partial charge in [0.25, 0.3) is 0 Å². The smallest absolute Gasteiger partial charge is 0.306 e. The van der Waals surface area contributed by atoms with E-state index in [1.54, 1.807) is 0 Å². The summed E-state index contributed by atoms with van der Waals surface area (Å²) < 4.78 is 16.8. The molecule has 6 nitrogen and oxygen atoms in total. The van der Waals surface area contributed by atoms with Gasteiger partial charge in [0.2, 0.25) is 0 Å². The van der Waals surface area contributed by atoms with E-state index >= 15 is 0 Å². The Morgan fingerprint density at radius 1 is 0.263 bits per heavy atom. The first-order chi connectivity index (χ1) is 39.5. The summed E-state index contributed by atoms with van der Waals surface area (Å²) in [5.41, 5.74) is 0. The molecule has 0 amide bonds. The van der Waals surface area contributed by atoms with Crippen LogP contribution in [0.3, 0.4) is 0 Å². The van der Waals surface area contributed by atoms with Crippen molar-refractivity contribution in [2.24, 2.45) is 0 Å². The van der Waals surface area contributed by atoms with Gasteiger partial charge in [0, 0.05) is 19.3 Å². The maximum Gasteiger partial charge on any atom is 0.306 e. The first kappa shape index (κ1) is 75.0. The molecule has 0 aliphatic rings. The van der Waals surface area contributed by atoms with Gasteiger partial charge in [-0.2, -0.15) is 0 Å². The number of ether oxygens (including phenoxy) is 3. The van der Waals surface area contributed by atoms with E-state index in [1.165, 1.54) is 70.6 Å². The molecule has 0 aromatic rings. The number of hydrogen-bond donors (Lipinski definition) is 0. The lowest BCUT2D eigenvalue weighted by Crippen LogP contribution is -2.30. The molecule has 0 aromatic carbocycles. The predicted octanol–water partition coefficient (Wildman–Crippen LogP) is 22.5. The van der Waals surface area contributed by atoms with Gasteiger partial charge in [0.05, 0.1) is 0 Å². The van der Waals surface area contributed by atoms with Crippen LogP contribution in [0.15, 0.2) is 158 Å². The van der Waals surface area contributed by atoms with Crippen molar-refractivity contribution < 1.29 is 28.6 Å². The molecule has 0 radical (unpaired) electrons. The molecule has 1 atom stereocenters. The van der Waals surface area contributed by atoms with Gasteiger partial charge in [-0.25, -0.2) is 0 Å². The minimum atomic E-state index is -0.806. The number of unbranched alkanes of at least 4 members (excludes halogenated alkanes) is 20. The summed E-state index contributed by atoms with van der Waals surface area (Å²) in [5.74, 6) is -0.954. The highest BCUT2D eigenvalue weighted by Crippen LogP contribution is 2.14. The van der Waals surface area contributed by atoms with Crippen LogP contribution < -0.4 is 0 Å². The molecule has 1 unspecified atom stereocenters. The number of carbonyl (C=O) groups excluding carboxylic acids is 3. The van der Waals surface area contributed by atoms with Crippen molar-refractivity contribution in [1.29, 1.82) is 0 Å². The minimum absolute atomic E-state index is 0.102. The highest BCUT2D eigenvalue weighted by atomic mass is 16.6. The molecule has 0 spiro atoms. The molecule has 0 rings (SSSR count). The van der Waals surface area contributed by atoms with Crippen LogP contribution in [0.2, 0.25) is 0 Å². The van der Waals surface area contributed by atoms with E-state index in [0.29, 0.717) is 19.3 Å². The zero-order chi connectivity index (χ0) is 57.8. The molecule has 0 aliphatic carbocycles. The van der Waals surface area contributed by atoms with Gasteiger partial charge in [0.1, 0.15) is 13.2 Å². The average Bonchev–Trinajstić information content (AvgIpc) is 3.46. The minimum Gasteiger partial charge on any atom is -0.462 e. The summed E-state index contributed by atoms with van der Waals surface area (Å²) in [4.78, 5) is 38.2. The van der Waals surface area contributed by atoms with Crippen molar-refractivity contribution in [2.45, 2.75) is 277 Å². The number of carbonyl (C=O) groups is 3. The predicted molar refractivity (Wildman–Crippen MR) is 348 cm³/mol. The largest absolute Gasteiger partial charge is 0.462 e. The highest BCUT2D eigenvalue weighted by Gasteiger charge is 2.19. The van der Waals surface area contributed by atoms with E-state index in [4.69, 9.17) is 14.2 Å². The molecule has 450 valence electrons. The molecule has 0 saturated heterocycles. The molecule has 6 heteroatoms. The van der Waals surface area contributed by atoms with Crippen LogP contribution in [0.25, 0.3) is 0 Å². The Balaban J connectivity index is 4.29. The van der Waals surface area contributed by atoms with Crippen LogP contribution in [-0.2, 0) is 28.6 Å². The Morgan fingerprint density at radius 2 is 0.487 bits per heavy atom. The molecule has 0 saturated carbocycles. The van der Waals surface area contributed by atoms with Gasteiger partial charge in [-0.15, -0.1) is 0 Å². The van der Waals surface area contributed by atoms with Gasteiger partial charge in [-0.1, -0.05) is 262 Å². The third-order valence-electron chi connectivity index (χ3n) is 13.2. The van der Waals surface area contributed by atoms with Crippen LogP contribution in [0.1, 0.15) is 271 Å². The van der Waals surface area contributed by atoms with E-state index < -0.39 is 6.10 Å². The number of allylic oxidation sites excluding steroid dienone is 26. The quantitative estimate of drug-likeness (QED) is 0.0261. The molecule has 0 fully saturated rings. The molecular weight excluding hydrogens is 985 g/mol. The van der Waals surface area contributed by atoms with Crippen LogP contribution in [0.4, 0.5) is 0 Å². The summed E-state index contributed by atoms with van der Waals surface area (Å²) in [6.07, 6.45) is 96.9. The number of esters is 3. The summed E-state index contributed by atoms with van der Waals surface area (Å²) in [5, 5.41) is 0. The van der Waals surface area contributed by atoms with E-state index in [-0.39, 0.29) is 31.1 Å². The summed E-state index contributed by atoms with van der Waals surface area (Å²) in [6.45, 7) is 6.35.